The maximum atomic E-state index is 12.2. The van der Waals surface area contributed by atoms with Crippen LogP contribution in [0.2, 0.25) is 0 Å². The number of nitrogens with zero attached hydrogens (tertiary/aromatic N) is 2. The summed E-state index contributed by atoms with van der Waals surface area (Å²) in [5.41, 5.74) is 1.58. The SMILES string of the molecule is COc1ccc(-c2csc(NC(=O)CSc3ccc([N+](=O)[O-])cc3)n2)cc1OC. The smallest absolute Gasteiger partial charge is 0.269 e. The van der Waals surface area contributed by atoms with E-state index in [1.54, 1.807) is 32.4 Å². The molecule has 29 heavy (non-hydrogen) atoms. The zero-order chi connectivity index (χ0) is 20.8. The van der Waals surface area contributed by atoms with Gasteiger partial charge in [-0.25, -0.2) is 4.98 Å². The van der Waals surface area contributed by atoms with Crippen LogP contribution in [0, 0.1) is 10.1 Å². The summed E-state index contributed by atoms with van der Waals surface area (Å²) in [6.07, 6.45) is 0. The molecule has 10 heteroatoms. The van der Waals surface area contributed by atoms with Gasteiger partial charge in [0.1, 0.15) is 0 Å². The lowest BCUT2D eigenvalue weighted by Gasteiger charge is -2.08. The molecule has 2 aromatic carbocycles. The summed E-state index contributed by atoms with van der Waals surface area (Å²) in [6, 6.07) is 11.6. The Morgan fingerprint density at radius 3 is 2.55 bits per heavy atom. The van der Waals surface area contributed by atoms with Crippen LogP contribution >= 0.6 is 23.1 Å². The van der Waals surface area contributed by atoms with Crippen LogP contribution in [-0.2, 0) is 4.79 Å². The van der Waals surface area contributed by atoms with Crippen molar-refractivity contribution in [1.29, 1.82) is 0 Å². The van der Waals surface area contributed by atoms with E-state index >= 15 is 0 Å². The van der Waals surface area contributed by atoms with Crippen molar-refractivity contribution in [2.24, 2.45) is 0 Å². The van der Waals surface area contributed by atoms with Crippen molar-refractivity contribution in [1.82, 2.24) is 4.98 Å². The molecule has 0 saturated heterocycles. The molecular formula is C19H17N3O5S2. The van der Waals surface area contributed by atoms with E-state index in [4.69, 9.17) is 9.47 Å². The molecule has 0 aliphatic carbocycles. The summed E-state index contributed by atoms with van der Waals surface area (Å²) in [5, 5.41) is 15.8. The Bertz CT molecular complexity index is 1020. The van der Waals surface area contributed by atoms with Crippen molar-refractivity contribution < 1.29 is 19.2 Å². The van der Waals surface area contributed by atoms with E-state index in [1.165, 1.54) is 35.2 Å². The number of nitro benzene ring substituents is 1. The van der Waals surface area contributed by atoms with E-state index in [2.05, 4.69) is 10.3 Å². The number of non-ortho nitro benzene ring substituents is 1. The number of carbonyl (C=O) groups excluding carboxylic acids is 1. The fourth-order valence-electron chi connectivity index (χ4n) is 2.43. The number of anilines is 1. The van der Waals surface area contributed by atoms with E-state index in [0.29, 0.717) is 22.3 Å². The molecule has 0 unspecified atom stereocenters. The van der Waals surface area contributed by atoms with Gasteiger partial charge in [0.25, 0.3) is 5.69 Å². The van der Waals surface area contributed by atoms with Crippen LogP contribution in [0.15, 0.2) is 52.7 Å². The number of methoxy groups -OCH3 is 2. The molecular weight excluding hydrogens is 414 g/mol. The monoisotopic (exact) mass is 431 g/mol. The maximum Gasteiger partial charge on any atom is 0.269 e. The second kappa shape index (κ2) is 9.39. The average Bonchev–Trinajstić information content (AvgIpc) is 3.20. The van der Waals surface area contributed by atoms with Crippen molar-refractivity contribution in [3.05, 3.63) is 58.0 Å². The minimum atomic E-state index is -0.459. The third-order valence-corrected chi connectivity index (χ3v) is 5.62. The van der Waals surface area contributed by atoms with Crippen LogP contribution in [0.25, 0.3) is 11.3 Å². The average molecular weight is 431 g/mol. The molecule has 1 N–H and O–H groups in total. The summed E-state index contributed by atoms with van der Waals surface area (Å²) in [5.74, 6) is 1.19. The van der Waals surface area contributed by atoms with Crippen LogP contribution in [0.4, 0.5) is 10.8 Å². The summed E-state index contributed by atoms with van der Waals surface area (Å²) < 4.78 is 10.5. The number of thioether (sulfide) groups is 1. The number of amides is 1. The molecule has 8 nitrogen and oxygen atoms in total. The van der Waals surface area contributed by atoms with Crippen LogP contribution in [0.5, 0.6) is 11.5 Å². The van der Waals surface area contributed by atoms with Gasteiger partial charge in [0, 0.05) is 28.0 Å². The van der Waals surface area contributed by atoms with Gasteiger partial charge in [-0.3, -0.25) is 14.9 Å². The summed E-state index contributed by atoms with van der Waals surface area (Å²) in [6.45, 7) is 0. The highest BCUT2D eigenvalue weighted by Crippen LogP contribution is 2.33. The van der Waals surface area contributed by atoms with Gasteiger partial charge in [0.2, 0.25) is 5.91 Å². The number of nitrogens with one attached hydrogen (secondary N) is 1. The first-order chi connectivity index (χ1) is 14.0. The minimum Gasteiger partial charge on any atom is -0.493 e. The van der Waals surface area contributed by atoms with Gasteiger partial charge in [0.05, 0.1) is 30.6 Å². The highest BCUT2D eigenvalue weighted by atomic mass is 32.2. The first-order valence-corrected chi connectivity index (χ1v) is 10.2. The largest absolute Gasteiger partial charge is 0.493 e. The van der Waals surface area contributed by atoms with E-state index < -0.39 is 4.92 Å². The molecule has 1 aromatic heterocycles. The number of rotatable bonds is 8. The van der Waals surface area contributed by atoms with Crippen molar-refractivity contribution >= 4 is 39.8 Å². The first-order valence-electron chi connectivity index (χ1n) is 8.35. The quantitative estimate of drug-likeness (QED) is 0.319. The summed E-state index contributed by atoms with van der Waals surface area (Å²) >= 11 is 2.62. The summed E-state index contributed by atoms with van der Waals surface area (Å²) in [4.78, 5) is 27.6. The lowest BCUT2D eigenvalue weighted by Crippen LogP contribution is -2.13. The lowest BCUT2D eigenvalue weighted by molar-refractivity contribution is -0.384. The molecule has 0 radical (unpaired) electrons. The fraction of sp³-hybridized carbons (Fsp3) is 0.158. The van der Waals surface area contributed by atoms with Gasteiger partial charge >= 0.3 is 0 Å². The molecule has 0 aliphatic rings. The second-order valence-electron chi connectivity index (χ2n) is 5.70. The van der Waals surface area contributed by atoms with Crippen LogP contribution < -0.4 is 14.8 Å². The van der Waals surface area contributed by atoms with E-state index in [-0.39, 0.29) is 17.3 Å². The number of benzene rings is 2. The van der Waals surface area contributed by atoms with Crippen LogP contribution in [0.3, 0.4) is 0 Å². The number of thiazole rings is 1. The van der Waals surface area contributed by atoms with E-state index in [1.807, 2.05) is 17.5 Å². The van der Waals surface area contributed by atoms with Gasteiger partial charge in [-0.1, -0.05) is 0 Å². The van der Waals surface area contributed by atoms with Gasteiger partial charge in [-0.2, -0.15) is 0 Å². The fourth-order valence-corrected chi connectivity index (χ4v) is 3.86. The van der Waals surface area contributed by atoms with Crippen molar-refractivity contribution in [2.45, 2.75) is 4.90 Å². The topological polar surface area (TPSA) is 104 Å². The molecule has 1 amide bonds. The Hall–Kier alpha value is -3.11. The Kier molecular flexibility index (Phi) is 6.68. The van der Waals surface area contributed by atoms with Crippen LogP contribution in [0.1, 0.15) is 0 Å². The zero-order valence-electron chi connectivity index (χ0n) is 15.6. The number of nitro groups is 1. The molecule has 3 aromatic rings. The highest BCUT2D eigenvalue weighted by Gasteiger charge is 2.12. The molecule has 0 atom stereocenters. The number of carbonyl (C=O) groups is 1. The predicted molar refractivity (Wildman–Crippen MR) is 113 cm³/mol. The Balaban J connectivity index is 1.59. The Labute approximate surface area is 175 Å². The molecule has 3 rings (SSSR count). The molecule has 0 spiro atoms. The molecule has 150 valence electrons. The third kappa shape index (κ3) is 5.24. The third-order valence-electron chi connectivity index (χ3n) is 3.85. The van der Waals surface area contributed by atoms with Crippen molar-refractivity contribution in [3.63, 3.8) is 0 Å². The highest BCUT2D eigenvalue weighted by molar-refractivity contribution is 8.00. The Morgan fingerprint density at radius 1 is 1.17 bits per heavy atom. The molecule has 0 bridgehead atoms. The first kappa shape index (κ1) is 20.6. The van der Waals surface area contributed by atoms with Crippen molar-refractivity contribution in [2.75, 3.05) is 25.3 Å². The normalized spacial score (nSPS) is 10.4. The number of hydrogen-bond donors (Lipinski definition) is 1. The van der Waals surface area contributed by atoms with Gasteiger partial charge in [-0.05, 0) is 30.3 Å². The van der Waals surface area contributed by atoms with E-state index in [9.17, 15) is 14.9 Å². The number of ether oxygens (including phenoxy) is 2. The Morgan fingerprint density at radius 2 is 1.90 bits per heavy atom. The molecule has 1 heterocycles. The van der Waals surface area contributed by atoms with Crippen molar-refractivity contribution in [3.8, 4) is 22.8 Å². The number of hydrogen-bond acceptors (Lipinski definition) is 8. The predicted octanol–water partition coefficient (Wildman–Crippen LogP) is 4.47. The standard InChI is InChI=1S/C19H17N3O5S2/c1-26-16-8-3-12(9-17(16)27-2)15-10-29-19(20-15)21-18(23)11-28-14-6-4-13(5-7-14)22(24)25/h3-10H,11H2,1-2H3,(H,20,21,23). The maximum absolute atomic E-state index is 12.2. The zero-order valence-corrected chi connectivity index (χ0v) is 17.2. The molecule has 0 saturated carbocycles. The second-order valence-corrected chi connectivity index (χ2v) is 7.60. The van der Waals surface area contributed by atoms with Gasteiger partial charge in [-0.15, -0.1) is 23.1 Å². The summed E-state index contributed by atoms with van der Waals surface area (Å²) in [7, 11) is 3.14. The molecule has 0 aliphatic heterocycles. The minimum absolute atomic E-state index is 0.0179. The number of aromatic nitrogens is 1. The van der Waals surface area contributed by atoms with Gasteiger partial charge < -0.3 is 14.8 Å². The lowest BCUT2D eigenvalue weighted by atomic mass is 10.1. The van der Waals surface area contributed by atoms with E-state index in [0.717, 1.165) is 10.5 Å². The molecule has 0 fully saturated rings. The van der Waals surface area contributed by atoms with Crippen LogP contribution in [-0.4, -0.2) is 35.8 Å². The van der Waals surface area contributed by atoms with Gasteiger partial charge in [0.15, 0.2) is 16.6 Å².